The van der Waals surface area contributed by atoms with Crippen molar-refractivity contribution in [3.05, 3.63) is 23.7 Å². The Morgan fingerprint density at radius 1 is 1.30 bits per heavy atom. The molecule has 27 heavy (non-hydrogen) atoms. The summed E-state index contributed by atoms with van der Waals surface area (Å²) in [5.74, 6) is 3.44. The molecule has 0 N–H and O–H groups in total. The number of nitrogens with zero attached hydrogens (tertiary/aromatic N) is 3. The lowest BCUT2D eigenvalue weighted by Crippen LogP contribution is -2.52. The highest BCUT2D eigenvalue weighted by molar-refractivity contribution is 5.79. The number of hydrogen-bond donors (Lipinski definition) is 0. The number of amides is 1. The second-order valence-electron chi connectivity index (χ2n) is 8.92. The maximum absolute atomic E-state index is 13.0. The van der Waals surface area contributed by atoms with Gasteiger partial charge in [-0.15, -0.1) is 0 Å². The first-order chi connectivity index (χ1) is 13.0. The van der Waals surface area contributed by atoms with Gasteiger partial charge in [0.15, 0.2) is 0 Å². The van der Waals surface area contributed by atoms with Crippen molar-refractivity contribution in [1.29, 1.82) is 5.26 Å². The maximum Gasteiger partial charge on any atom is 0.237 e. The van der Waals surface area contributed by atoms with E-state index < -0.39 is 5.54 Å². The first-order valence-corrected chi connectivity index (χ1v) is 10.5. The van der Waals surface area contributed by atoms with Crippen molar-refractivity contribution in [1.82, 2.24) is 9.80 Å². The van der Waals surface area contributed by atoms with Gasteiger partial charge in [0.25, 0.3) is 0 Å². The van der Waals surface area contributed by atoms with E-state index >= 15 is 0 Å². The molecule has 3 aliphatic rings. The highest BCUT2D eigenvalue weighted by Gasteiger charge is 2.41. The van der Waals surface area contributed by atoms with Crippen LogP contribution in [0.25, 0.3) is 0 Å². The van der Waals surface area contributed by atoms with Crippen LogP contribution in [0.1, 0.15) is 75.7 Å². The van der Waals surface area contributed by atoms with Crippen LogP contribution in [0.4, 0.5) is 0 Å². The Hall–Kier alpha value is -1.80. The van der Waals surface area contributed by atoms with Crippen molar-refractivity contribution in [3.63, 3.8) is 0 Å². The van der Waals surface area contributed by atoms with Crippen LogP contribution in [-0.2, 0) is 11.3 Å². The van der Waals surface area contributed by atoms with E-state index in [1.165, 1.54) is 12.8 Å². The fourth-order valence-electron chi connectivity index (χ4n) is 4.53. The standard InChI is InChI=1S/C22H31N3O2/c1-16-12-19(16)20-9-8-18(27-20)13-25(17-6-7-17)14-21(26)24(2)22(15-23)10-4-3-5-11-22/h8-9,16-17,19H,3-7,10-14H2,1-2H3. The highest BCUT2D eigenvalue weighted by Crippen LogP contribution is 2.47. The molecular weight excluding hydrogens is 338 g/mol. The van der Waals surface area contributed by atoms with Gasteiger partial charge in [0, 0.05) is 19.0 Å². The summed E-state index contributed by atoms with van der Waals surface area (Å²) < 4.78 is 6.07. The Labute approximate surface area is 162 Å². The van der Waals surface area contributed by atoms with Crippen LogP contribution in [0, 0.1) is 17.2 Å². The zero-order valence-corrected chi connectivity index (χ0v) is 16.6. The maximum atomic E-state index is 13.0. The van der Waals surface area contributed by atoms with Crippen LogP contribution >= 0.6 is 0 Å². The van der Waals surface area contributed by atoms with Crippen LogP contribution in [-0.4, -0.2) is 40.9 Å². The lowest BCUT2D eigenvalue weighted by Gasteiger charge is -2.39. The number of likely N-dealkylation sites (N-methyl/N-ethyl adjacent to an activating group) is 1. The summed E-state index contributed by atoms with van der Waals surface area (Å²) in [7, 11) is 1.82. The van der Waals surface area contributed by atoms with Crippen LogP contribution < -0.4 is 0 Å². The molecule has 4 rings (SSSR count). The summed E-state index contributed by atoms with van der Waals surface area (Å²) in [6, 6.07) is 7.11. The van der Waals surface area contributed by atoms with Crippen molar-refractivity contribution in [3.8, 4) is 6.07 Å². The Balaban J connectivity index is 1.40. The minimum atomic E-state index is -0.607. The van der Waals surface area contributed by atoms with E-state index in [0.29, 0.717) is 25.0 Å². The summed E-state index contributed by atoms with van der Waals surface area (Å²) in [4.78, 5) is 17.0. The molecule has 2 unspecified atom stereocenters. The van der Waals surface area contributed by atoms with Crippen LogP contribution in [0.2, 0.25) is 0 Å². The van der Waals surface area contributed by atoms with E-state index in [-0.39, 0.29) is 5.91 Å². The first kappa shape index (κ1) is 18.6. The molecular formula is C22H31N3O2. The number of carbonyl (C=O) groups is 1. The molecule has 0 spiro atoms. The van der Waals surface area contributed by atoms with Gasteiger partial charge in [0.05, 0.1) is 19.2 Å². The summed E-state index contributed by atoms with van der Waals surface area (Å²) in [5, 5.41) is 9.76. The van der Waals surface area contributed by atoms with Crippen LogP contribution in [0.3, 0.4) is 0 Å². The number of hydrogen-bond acceptors (Lipinski definition) is 4. The fourth-order valence-corrected chi connectivity index (χ4v) is 4.53. The van der Waals surface area contributed by atoms with Gasteiger partial charge in [-0.05, 0) is 50.2 Å². The average molecular weight is 370 g/mol. The van der Waals surface area contributed by atoms with E-state index in [4.69, 9.17) is 4.42 Å². The SMILES string of the molecule is CC1CC1c1ccc(CN(CC(=O)N(C)C2(C#N)CCCCC2)C2CC2)o1. The number of nitriles is 1. The van der Waals surface area contributed by atoms with E-state index in [0.717, 1.165) is 56.0 Å². The molecule has 2 atom stereocenters. The van der Waals surface area contributed by atoms with Crippen LogP contribution in [0.5, 0.6) is 0 Å². The molecule has 0 saturated heterocycles. The lowest BCUT2D eigenvalue weighted by atomic mass is 9.81. The summed E-state index contributed by atoms with van der Waals surface area (Å²) in [6.07, 6.45) is 8.35. The van der Waals surface area contributed by atoms with E-state index in [1.807, 2.05) is 7.05 Å². The van der Waals surface area contributed by atoms with Gasteiger partial charge in [0.2, 0.25) is 5.91 Å². The van der Waals surface area contributed by atoms with Gasteiger partial charge < -0.3 is 9.32 Å². The van der Waals surface area contributed by atoms with Crippen molar-refractivity contribution in [2.24, 2.45) is 5.92 Å². The molecule has 3 saturated carbocycles. The molecule has 5 heteroatoms. The molecule has 0 radical (unpaired) electrons. The molecule has 0 aliphatic heterocycles. The molecule has 146 valence electrons. The third kappa shape index (κ3) is 3.91. The van der Waals surface area contributed by atoms with E-state index in [9.17, 15) is 10.1 Å². The molecule has 0 bridgehead atoms. The van der Waals surface area contributed by atoms with Crippen LogP contribution in [0.15, 0.2) is 16.5 Å². The third-order valence-corrected chi connectivity index (χ3v) is 6.82. The number of furan rings is 1. The predicted molar refractivity (Wildman–Crippen MR) is 103 cm³/mol. The molecule has 5 nitrogen and oxygen atoms in total. The molecule has 1 amide bonds. The topological polar surface area (TPSA) is 60.5 Å². The molecule has 0 aromatic carbocycles. The summed E-state index contributed by atoms with van der Waals surface area (Å²) in [5.41, 5.74) is -0.607. The molecule has 1 aromatic heterocycles. The fraction of sp³-hybridized carbons (Fsp3) is 0.727. The molecule has 1 aromatic rings. The highest BCUT2D eigenvalue weighted by atomic mass is 16.3. The summed E-state index contributed by atoms with van der Waals surface area (Å²) >= 11 is 0. The van der Waals surface area contributed by atoms with Gasteiger partial charge in [-0.25, -0.2) is 0 Å². The third-order valence-electron chi connectivity index (χ3n) is 6.82. The monoisotopic (exact) mass is 369 g/mol. The second kappa shape index (κ2) is 7.31. The van der Waals surface area contributed by atoms with Crippen molar-refractivity contribution in [2.75, 3.05) is 13.6 Å². The van der Waals surface area contributed by atoms with Gasteiger partial charge >= 0.3 is 0 Å². The van der Waals surface area contributed by atoms with E-state index in [1.54, 1.807) is 4.90 Å². The Kier molecular flexibility index (Phi) is 5.03. The predicted octanol–water partition coefficient (Wildman–Crippen LogP) is 4.05. The quantitative estimate of drug-likeness (QED) is 0.727. The first-order valence-electron chi connectivity index (χ1n) is 10.5. The van der Waals surface area contributed by atoms with Gasteiger partial charge in [-0.1, -0.05) is 26.2 Å². The Morgan fingerprint density at radius 3 is 2.59 bits per heavy atom. The average Bonchev–Trinajstić information content (AvgIpc) is 3.61. The number of carbonyl (C=O) groups excluding carboxylic acids is 1. The zero-order chi connectivity index (χ0) is 19.0. The Morgan fingerprint density at radius 2 is 2.00 bits per heavy atom. The second-order valence-corrected chi connectivity index (χ2v) is 8.92. The van der Waals surface area contributed by atoms with Gasteiger partial charge in [-0.3, -0.25) is 9.69 Å². The van der Waals surface area contributed by atoms with Crippen molar-refractivity contribution < 1.29 is 9.21 Å². The van der Waals surface area contributed by atoms with E-state index in [2.05, 4.69) is 30.0 Å². The largest absolute Gasteiger partial charge is 0.464 e. The van der Waals surface area contributed by atoms with Crippen molar-refractivity contribution in [2.45, 2.75) is 82.3 Å². The summed E-state index contributed by atoms with van der Waals surface area (Å²) in [6.45, 7) is 3.32. The molecule has 3 aliphatic carbocycles. The Bertz CT molecular complexity index is 724. The normalized spacial score (nSPS) is 26.6. The minimum Gasteiger partial charge on any atom is -0.464 e. The van der Waals surface area contributed by atoms with Gasteiger partial charge in [-0.2, -0.15) is 5.26 Å². The molecule has 1 heterocycles. The minimum absolute atomic E-state index is 0.0629. The smallest absolute Gasteiger partial charge is 0.237 e. The van der Waals surface area contributed by atoms with Crippen molar-refractivity contribution >= 4 is 5.91 Å². The number of rotatable bonds is 7. The zero-order valence-electron chi connectivity index (χ0n) is 16.6. The lowest BCUT2D eigenvalue weighted by molar-refractivity contribution is -0.136. The molecule has 3 fully saturated rings. The van der Waals surface area contributed by atoms with Gasteiger partial charge in [0.1, 0.15) is 17.1 Å².